The first-order chi connectivity index (χ1) is 7.11. The van der Waals surface area contributed by atoms with Crippen LogP contribution >= 0.6 is 0 Å². The minimum atomic E-state index is 0.396. The zero-order valence-electron chi connectivity index (χ0n) is 10.8. The number of nitrogens with one attached hydrogen (secondary N) is 1. The minimum Gasteiger partial charge on any atom is -0.377 e. The Morgan fingerprint density at radius 3 is 2.60 bits per heavy atom. The van der Waals surface area contributed by atoms with Crippen molar-refractivity contribution in [2.24, 2.45) is 5.41 Å². The SMILES string of the molecule is CCCNC1C(OCCC)CCC1(C)C. The normalized spacial score (nSPS) is 29.6. The largest absolute Gasteiger partial charge is 0.377 e. The van der Waals surface area contributed by atoms with Crippen molar-refractivity contribution in [3.05, 3.63) is 0 Å². The molecule has 0 bridgehead atoms. The molecule has 2 unspecified atom stereocenters. The molecule has 0 aromatic carbocycles. The van der Waals surface area contributed by atoms with Crippen molar-refractivity contribution in [3.63, 3.8) is 0 Å². The van der Waals surface area contributed by atoms with Gasteiger partial charge in [0.15, 0.2) is 0 Å². The van der Waals surface area contributed by atoms with Crippen molar-refractivity contribution in [1.29, 1.82) is 0 Å². The van der Waals surface area contributed by atoms with Gasteiger partial charge in [0.25, 0.3) is 0 Å². The van der Waals surface area contributed by atoms with Gasteiger partial charge in [-0.25, -0.2) is 0 Å². The van der Waals surface area contributed by atoms with Crippen molar-refractivity contribution in [1.82, 2.24) is 5.32 Å². The van der Waals surface area contributed by atoms with Gasteiger partial charge in [-0.1, -0.05) is 27.7 Å². The predicted molar refractivity (Wildman–Crippen MR) is 65.1 cm³/mol. The maximum Gasteiger partial charge on any atom is 0.0733 e. The average Bonchev–Trinajstić information content (AvgIpc) is 2.48. The lowest BCUT2D eigenvalue weighted by molar-refractivity contribution is 0.0272. The van der Waals surface area contributed by atoms with Gasteiger partial charge in [-0.2, -0.15) is 0 Å². The van der Waals surface area contributed by atoms with Gasteiger partial charge in [-0.05, 0) is 37.6 Å². The van der Waals surface area contributed by atoms with E-state index in [0.717, 1.165) is 19.6 Å². The summed E-state index contributed by atoms with van der Waals surface area (Å²) in [6, 6.07) is 0.545. The molecular formula is C13H27NO. The number of hydrogen-bond donors (Lipinski definition) is 1. The molecule has 0 heterocycles. The molecule has 1 aliphatic rings. The van der Waals surface area contributed by atoms with Gasteiger partial charge < -0.3 is 10.1 Å². The van der Waals surface area contributed by atoms with E-state index in [2.05, 4.69) is 33.0 Å². The van der Waals surface area contributed by atoms with Crippen LogP contribution < -0.4 is 5.32 Å². The van der Waals surface area contributed by atoms with Gasteiger partial charge in [0.1, 0.15) is 0 Å². The number of ether oxygens (including phenoxy) is 1. The molecule has 0 saturated heterocycles. The fourth-order valence-corrected chi connectivity index (χ4v) is 2.50. The molecule has 90 valence electrons. The Balaban J connectivity index is 2.48. The molecular weight excluding hydrogens is 186 g/mol. The molecule has 2 atom stereocenters. The van der Waals surface area contributed by atoms with E-state index in [1.165, 1.54) is 19.3 Å². The Kier molecular flexibility index (Phi) is 5.07. The Bertz CT molecular complexity index is 179. The van der Waals surface area contributed by atoms with Crippen LogP contribution in [0.25, 0.3) is 0 Å². The van der Waals surface area contributed by atoms with Gasteiger partial charge in [0.05, 0.1) is 6.10 Å². The third-order valence-electron chi connectivity index (χ3n) is 3.44. The van der Waals surface area contributed by atoms with Gasteiger partial charge in [-0.15, -0.1) is 0 Å². The minimum absolute atomic E-state index is 0.396. The molecule has 0 aromatic heterocycles. The van der Waals surface area contributed by atoms with E-state index < -0.39 is 0 Å². The molecule has 1 aliphatic carbocycles. The molecule has 1 fully saturated rings. The van der Waals surface area contributed by atoms with Crippen LogP contribution in [0.1, 0.15) is 53.4 Å². The number of rotatable bonds is 6. The second-order valence-corrected chi connectivity index (χ2v) is 5.37. The van der Waals surface area contributed by atoms with E-state index in [1.807, 2.05) is 0 Å². The van der Waals surface area contributed by atoms with Gasteiger partial charge in [0, 0.05) is 12.6 Å². The first kappa shape index (κ1) is 13.0. The highest BCUT2D eigenvalue weighted by Gasteiger charge is 2.41. The molecule has 1 rings (SSSR count). The molecule has 0 aromatic rings. The van der Waals surface area contributed by atoms with Crippen LogP contribution in [0.2, 0.25) is 0 Å². The lowest BCUT2D eigenvalue weighted by atomic mass is 9.87. The van der Waals surface area contributed by atoms with Crippen LogP contribution in [0.3, 0.4) is 0 Å². The predicted octanol–water partition coefficient (Wildman–Crippen LogP) is 2.97. The summed E-state index contributed by atoms with van der Waals surface area (Å²) in [5.41, 5.74) is 0.396. The van der Waals surface area contributed by atoms with E-state index in [-0.39, 0.29) is 0 Å². The maximum atomic E-state index is 5.93. The second-order valence-electron chi connectivity index (χ2n) is 5.37. The molecule has 0 aliphatic heterocycles. The van der Waals surface area contributed by atoms with Gasteiger partial charge in [0.2, 0.25) is 0 Å². The van der Waals surface area contributed by atoms with Crippen molar-refractivity contribution < 1.29 is 4.74 Å². The molecule has 1 saturated carbocycles. The summed E-state index contributed by atoms with van der Waals surface area (Å²) >= 11 is 0. The van der Waals surface area contributed by atoms with Crippen molar-refractivity contribution in [3.8, 4) is 0 Å². The summed E-state index contributed by atoms with van der Waals surface area (Å²) < 4.78 is 5.93. The lowest BCUT2D eigenvalue weighted by Gasteiger charge is -2.31. The van der Waals surface area contributed by atoms with Gasteiger partial charge in [-0.3, -0.25) is 0 Å². The average molecular weight is 213 g/mol. The first-order valence-electron chi connectivity index (χ1n) is 6.46. The second kappa shape index (κ2) is 5.86. The third kappa shape index (κ3) is 3.46. The molecule has 0 spiro atoms. The molecule has 2 nitrogen and oxygen atoms in total. The number of hydrogen-bond acceptors (Lipinski definition) is 2. The van der Waals surface area contributed by atoms with E-state index in [0.29, 0.717) is 17.6 Å². The summed E-state index contributed by atoms with van der Waals surface area (Å²) in [6.07, 6.45) is 5.26. The van der Waals surface area contributed by atoms with Crippen LogP contribution in [0.5, 0.6) is 0 Å². The zero-order chi connectivity index (χ0) is 11.3. The fourth-order valence-electron chi connectivity index (χ4n) is 2.50. The summed E-state index contributed by atoms with van der Waals surface area (Å²) in [5, 5.41) is 3.66. The summed E-state index contributed by atoms with van der Waals surface area (Å²) in [5.74, 6) is 0. The molecule has 0 amide bonds. The smallest absolute Gasteiger partial charge is 0.0733 e. The Morgan fingerprint density at radius 2 is 2.00 bits per heavy atom. The van der Waals surface area contributed by atoms with E-state index in [4.69, 9.17) is 4.74 Å². The first-order valence-corrected chi connectivity index (χ1v) is 6.46. The van der Waals surface area contributed by atoms with Crippen LogP contribution in [0, 0.1) is 5.41 Å². The van der Waals surface area contributed by atoms with E-state index in [9.17, 15) is 0 Å². The van der Waals surface area contributed by atoms with Crippen LogP contribution in [-0.2, 0) is 4.74 Å². The zero-order valence-corrected chi connectivity index (χ0v) is 10.8. The summed E-state index contributed by atoms with van der Waals surface area (Å²) in [7, 11) is 0. The van der Waals surface area contributed by atoms with Gasteiger partial charge >= 0.3 is 0 Å². The molecule has 0 radical (unpaired) electrons. The molecule has 1 N–H and O–H groups in total. The standard InChI is InChI=1S/C13H27NO/c1-5-9-14-12-11(15-10-6-2)7-8-13(12,3)4/h11-12,14H,5-10H2,1-4H3. The van der Waals surface area contributed by atoms with Crippen LogP contribution in [-0.4, -0.2) is 25.3 Å². The van der Waals surface area contributed by atoms with Crippen molar-refractivity contribution in [2.45, 2.75) is 65.5 Å². The summed E-state index contributed by atoms with van der Waals surface area (Å²) in [4.78, 5) is 0. The molecule has 2 heteroatoms. The van der Waals surface area contributed by atoms with Crippen LogP contribution in [0.15, 0.2) is 0 Å². The van der Waals surface area contributed by atoms with E-state index >= 15 is 0 Å². The van der Waals surface area contributed by atoms with Crippen molar-refractivity contribution in [2.75, 3.05) is 13.2 Å². The molecule has 15 heavy (non-hydrogen) atoms. The Morgan fingerprint density at radius 1 is 1.27 bits per heavy atom. The summed E-state index contributed by atoms with van der Waals surface area (Å²) in [6.45, 7) is 11.1. The van der Waals surface area contributed by atoms with Crippen molar-refractivity contribution >= 4 is 0 Å². The lowest BCUT2D eigenvalue weighted by Crippen LogP contribution is -2.45. The third-order valence-corrected chi connectivity index (χ3v) is 3.44. The highest BCUT2D eigenvalue weighted by Crippen LogP contribution is 2.39. The maximum absolute atomic E-state index is 5.93. The topological polar surface area (TPSA) is 21.3 Å². The Hall–Kier alpha value is -0.0800. The van der Waals surface area contributed by atoms with E-state index in [1.54, 1.807) is 0 Å². The van der Waals surface area contributed by atoms with Crippen LogP contribution in [0.4, 0.5) is 0 Å². The Labute approximate surface area is 94.8 Å². The fraction of sp³-hybridized carbons (Fsp3) is 1.00. The quantitative estimate of drug-likeness (QED) is 0.732. The highest BCUT2D eigenvalue weighted by molar-refractivity contribution is 4.97. The highest BCUT2D eigenvalue weighted by atomic mass is 16.5. The monoisotopic (exact) mass is 213 g/mol.